The lowest BCUT2D eigenvalue weighted by Crippen LogP contribution is -2.37. The Labute approximate surface area is 148 Å². The third-order valence-corrected chi connectivity index (χ3v) is 3.72. The number of halogens is 1. The molecule has 0 bridgehead atoms. The molecule has 2 rings (SSSR count). The first-order valence-corrected chi connectivity index (χ1v) is 8.08. The molecule has 0 fully saturated rings. The zero-order valence-electron chi connectivity index (χ0n) is 12.9. The second kappa shape index (κ2) is 7.96. The lowest BCUT2D eigenvalue weighted by Gasteiger charge is -2.10. The molecule has 120 valence electrons. The Hall–Kier alpha value is -2.09. The number of rotatable bonds is 4. The molecule has 0 aliphatic rings. The summed E-state index contributed by atoms with van der Waals surface area (Å²) in [6.07, 6.45) is 0. The van der Waals surface area contributed by atoms with Crippen molar-refractivity contribution in [3.05, 3.63) is 57.2 Å². The van der Waals surface area contributed by atoms with Gasteiger partial charge in [0, 0.05) is 9.26 Å². The van der Waals surface area contributed by atoms with E-state index in [4.69, 9.17) is 4.74 Å². The maximum Gasteiger partial charge on any atom is 0.325 e. The second-order valence-corrected chi connectivity index (χ2v) is 6.31. The Morgan fingerprint density at radius 2 is 1.91 bits per heavy atom. The number of urea groups is 1. The maximum atomic E-state index is 11.8. The van der Waals surface area contributed by atoms with Crippen LogP contribution in [-0.4, -0.2) is 18.5 Å². The summed E-state index contributed by atoms with van der Waals surface area (Å²) < 4.78 is 6.35. The van der Waals surface area contributed by atoms with Gasteiger partial charge in [-0.1, -0.05) is 23.8 Å². The molecule has 0 aliphatic carbocycles. The van der Waals surface area contributed by atoms with Crippen molar-refractivity contribution in [1.29, 1.82) is 0 Å². The van der Waals surface area contributed by atoms with Gasteiger partial charge in [0.05, 0.1) is 0 Å². The molecule has 23 heavy (non-hydrogen) atoms. The quantitative estimate of drug-likeness (QED) is 0.737. The Morgan fingerprint density at radius 1 is 1.13 bits per heavy atom. The number of carbonyl (C=O) groups excluding carboxylic acids is 2. The summed E-state index contributed by atoms with van der Waals surface area (Å²) in [7, 11) is 0. The van der Waals surface area contributed by atoms with Crippen molar-refractivity contribution >= 4 is 40.2 Å². The molecule has 2 aromatic carbocycles. The van der Waals surface area contributed by atoms with Crippen LogP contribution in [0.3, 0.4) is 0 Å². The molecular weight excluding hydrogens is 407 g/mol. The van der Waals surface area contributed by atoms with Crippen molar-refractivity contribution < 1.29 is 14.3 Å². The van der Waals surface area contributed by atoms with E-state index in [1.165, 1.54) is 0 Å². The Bertz CT molecular complexity index is 732. The molecule has 0 heterocycles. The van der Waals surface area contributed by atoms with Gasteiger partial charge in [-0.2, -0.15) is 0 Å². The van der Waals surface area contributed by atoms with E-state index in [1.54, 1.807) is 12.1 Å². The maximum absolute atomic E-state index is 11.8. The topological polar surface area (TPSA) is 67.4 Å². The van der Waals surface area contributed by atoms with Gasteiger partial charge in [0.15, 0.2) is 6.61 Å². The van der Waals surface area contributed by atoms with Crippen molar-refractivity contribution in [3.8, 4) is 5.75 Å². The summed E-state index contributed by atoms with van der Waals surface area (Å²) in [5.74, 6) is 0.0768. The minimum atomic E-state index is -0.576. The Balaban J connectivity index is 1.84. The minimum absolute atomic E-state index is 0.222. The van der Waals surface area contributed by atoms with Gasteiger partial charge in [-0.3, -0.25) is 10.1 Å². The van der Waals surface area contributed by atoms with Crippen LogP contribution in [0, 0.1) is 17.4 Å². The van der Waals surface area contributed by atoms with Crippen LogP contribution >= 0.6 is 22.6 Å². The van der Waals surface area contributed by atoms with Crippen LogP contribution in [0.1, 0.15) is 11.1 Å². The van der Waals surface area contributed by atoms with Crippen molar-refractivity contribution in [3.63, 3.8) is 0 Å². The molecule has 0 saturated carbocycles. The number of carbonyl (C=O) groups is 2. The van der Waals surface area contributed by atoms with Crippen LogP contribution in [0.25, 0.3) is 0 Å². The highest BCUT2D eigenvalue weighted by molar-refractivity contribution is 14.1. The van der Waals surface area contributed by atoms with Crippen LogP contribution in [-0.2, 0) is 4.79 Å². The SMILES string of the molecule is Cc1ccc(NC(=O)NC(=O)COc2cccc(I)c2)c(C)c1. The molecule has 6 heteroatoms. The third-order valence-electron chi connectivity index (χ3n) is 3.05. The van der Waals surface area contributed by atoms with Gasteiger partial charge in [0.1, 0.15) is 5.75 Å². The number of ether oxygens (including phenoxy) is 1. The smallest absolute Gasteiger partial charge is 0.325 e. The predicted octanol–water partition coefficient (Wildman–Crippen LogP) is 3.64. The average Bonchev–Trinajstić information content (AvgIpc) is 2.48. The fourth-order valence-electron chi connectivity index (χ4n) is 1.98. The molecule has 0 radical (unpaired) electrons. The summed E-state index contributed by atoms with van der Waals surface area (Å²) in [6, 6.07) is 12.4. The number of imide groups is 1. The molecular formula is C17H17IN2O3. The normalized spacial score (nSPS) is 10.0. The largest absolute Gasteiger partial charge is 0.484 e. The summed E-state index contributed by atoms with van der Waals surface area (Å²) in [6.45, 7) is 3.65. The van der Waals surface area contributed by atoms with Gasteiger partial charge in [0.2, 0.25) is 0 Å². The third kappa shape index (κ3) is 5.55. The molecule has 0 spiro atoms. The monoisotopic (exact) mass is 424 g/mol. The standard InChI is InChI=1S/C17H17IN2O3/c1-11-6-7-15(12(2)8-11)19-17(22)20-16(21)10-23-14-5-3-4-13(18)9-14/h3-9H,10H2,1-2H3,(H2,19,20,21,22). The molecule has 5 nitrogen and oxygen atoms in total. The Kier molecular flexibility index (Phi) is 5.97. The average molecular weight is 424 g/mol. The van der Waals surface area contributed by atoms with Gasteiger partial charge < -0.3 is 10.1 Å². The fourth-order valence-corrected chi connectivity index (χ4v) is 2.49. The van der Waals surface area contributed by atoms with Crippen LogP contribution in [0.2, 0.25) is 0 Å². The number of benzene rings is 2. The summed E-state index contributed by atoms with van der Waals surface area (Å²) in [5.41, 5.74) is 2.71. The predicted molar refractivity (Wildman–Crippen MR) is 97.7 cm³/mol. The van der Waals surface area contributed by atoms with E-state index in [2.05, 4.69) is 33.2 Å². The summed E-state index contributed by atoms with van der Waals surface area (Å²) in [4.78, 5) is 23.6. The van der Waals surface area contributed by atoms with E-state index in [-0.39, 0.29) is 6.61 Å². The van der Waals surface area contributed by atoms with Gasteiger partial charge >= 0.3 is 6.03 Å². The van der Waals surface area contributed by atoms with Gasteiger partial charge in [-0.05, 0) is 66.3 Å². The van der Waals surface area contributed by atoms with Crippen LogP contribution in [0.4, 0.5) is 10.5 Å². The summed E-state index contributed by atoms with van der Waals surface area (Å²) in [5, 5.41) is 4.89. The number of amides is 3. The van der Waals surface area contributed by atoms with Crippen molar-refractivity contribution in [2.24, 2.45) is 0 Å². The zero-order valence-corrected chi connectivity index (χ0v) is 15.0. The molecule has 2 N–H and O–H groups in total. The van der Waals surface area contributed by atoms with Gasteiger partial charge in [0.25, 0.3) is 5.91 Å². The lowest BCUT2D eigenvalue weighted by atomic mass is 10.1. The number of anilines is 1. The molecule has 0 unspecified atom stereocenters. The van der Waals surface area contributed by atoms with Crippen LogP contribution < -0.4 is 15.4 Å². The second-order valence-electron chi connectivity index (χ2n) is 5.07. The first-order valence-electron chi connectivity index (χ1n) is 7.00. The van der Waals surface area contributed by atoms with E-state index >= 15 is 0 Å². The highest BCUT2D eigenvalue weighted by atomic mass is 127. The highest BCUT2D eigenvalue weighted by Crippen LogP contribution is 2.16. The van der Waals surface area contributed by atoms with Crippen molar-refractivity contribution in [2.45, 2.75) is 13.8 Å². The number of aryl methyl sites for hydroxylation is 2. The molecule has 0 aromatic heterocycles. The van der Waals surface area contributed by atoms with E-state index in [1.807, 2.05) is 44.2 Å². The van der Waals surface area contributed by atoms with E-state index in [0.717, 1.165) is 14.7 Å². The van der Waals surface area contributed by atoms with Crippen molar-refractivity contribution in [2.75, 3.05) is 11.9 Å². The first-order chi connectivity index (χ1) is 10.9. The van der Waals surface area contributed by atoms with E-state index < -0.39 is 11.9 Å². The van der Waals surface area contributed by atoms with Crippen LogP contribution in [0.5, 0.6) is 5.75 Å². The number of hydrogen-bond donors (Lipinski definition) is 2. The summed E-state index contributed by atoms with van der Waals surface area (Å²) >= 11 is 2.16. The molecule has 2 aromatic rings. The Morgan fingerprint density at radius 3 is 2.61 bits per heavy atom. The molecule has 0 saturated heterocycles. The zero-order chi connectivity index (χ0) is 16.8. The minimum Gasteiger partial charge on any atom is -0.484 e. The van der Waals surface area contributed by atoms with Crippen LogP contribution in [0.15, 0.2) is 42.5 Å². The van der Waals surface area contributed by atoms with E-state index in [9.17, 15) is 9.59 Å². The molecule has 3 amide bonds. The van der Waals surface area contributed by atoms with Gasteiger partial charge in [-0.15, -0.1) is 0 Å². The molecule has 0 atom stereocenters. The van der Waals surface area contributed by atoms with E-state index in [0.29, 0.717) is 11.4 Å². The van der Waals surface area contributed by atoms with Gasteiger partial charge in [-0.25, -0.2) is 4.79 Å². The molecule has 0 aliphatic heterocycles. The van der Waals surface area contributed by atoms with Crippen molar-refractivity contribution in [1.82, 2.24) is 5.32 Å². The first kappa shape index (κ1) is 17.3. The number of nitrogens with one attached hydrogen (secondary N) is 2. The lowest BCUT2D eigenvalue weighted by molar-refractivity contribution is -0.121. The number of hydrogen-bond acceptors (Lipinski definition) is 3. The highest BCUT2D eigenvalue weighted by Gasteiger charge is 2.10. The fraction of sp³-hybridized carbons (Fsp3) is 0.176.